The summed E-state index contributed by atoms with van der Waals surface area (Å²) in [6.07, 6.45) is 4.58. The van der Waals surface area contributed by atoms with E-state index in [1.54, 1.807) is 12.4 Å². The molecule has 1 aromatic carbocycles. The molecule has 0 bridgehead atoms. The zero-order valence-corrected chi connectivity index (χ0v) is 10.9. The van der Waals surface area contributed by atoms with E-state index in [0.29, 0.717) is 12.8 Å². The minimum Gasteiger partial charge on any atom is -0.345 e. The molecule has 100 valence electrons. The molecule has 0 aliphatic heterocycles. The van der Waals surface area contributed by atoms with Crippen LogP contribution in [0.25, 0.3) is 11.4 Å². The lowest BCUT2D eigenvalue weighted by Crippen LogP contribution is -2.19. The Morgan fingerprint density at radius 1 is 1.53 bits per heavy atom. The Labute approximate surface area is 112 Å². The number of hydrogen-bond acceptors (Lipinski definition) is 3. The lowest BCUT2D eigenvalue weighted by atomic mass is 10.1. The Balaban J connectivity index is 2.01. The minimum atomic E-state index is -0.0195. The highest BCUT2D eigenvalue weighted by Crippen LogP contribution is 2.19. The average Bonchev–Trinajstić information content (AvgIpc) is 2.90. The van der Waals surface area contributed by atoms with Gasteiger partial charge in [0, 0.05) is 36.1 Å². The Morgan fingerprint density at radius 2 is 2.37 bits per heavy atom. The average molecular weight is 258 g/mol. The van der Waals surface area contributed by atoms with E-state index in [4.69, 9.17) is 5.73 Å². The summed E-state index contributed by atoms with van der Waals surface area (Å²) in [5.41, 5.74) is 7.34. The number of carbonyl (C=O) groups excluding carboxylic acids is 1. The van der Waals surface area contributed by atoms with E-state index in [1.807, 2.05) is 31.2 Å². The van der Waals surface area contributed by atoms with Crippen molar-refractivity contribution in [3.8, 4) is 11.4 Å². The smallest absolute Gasteiger partial charge is 0.224 e. The maximum Gasteiger partial charge on any atom is 0.224 e. The van der Waals surface area contributed by atoms with E-state index in [1.165, 1.54) is 0 Å². The first kappa shape index (κ1) is 13.3. The van der Waals surface area contributed by atoms with Gasteiger partial charge in [-0.25, -0.2) is 4.98 Å². The second-order valence-corrected chi connectivity index (χ2v) is 4.58. The van der Waals surface area contributed by atoms with E-state index >= 15 is 0 Å². The van der Waals surface area contributed by atoms with E-state index < -0.39 is 0 Å². The van der Waals surface area contributed by atoms with E-state index in [9.17, 15) is 4.79 Å². The van der Waals surface area contributed by atoms with Gasteiger partial charge in [0.25, 0.3) is 0 Å². The summed E-state index contributed by atoms with van der Waals surface area (Å²) >= 11 is 0. The van der Waals surface area contributed by atoms with Gasteiger partial charge in [-0.15, -0.1) is 0 Å². The summed E-state index contributed by atoms with van der Waals surface area (Å²) in [6.45, 7) is 1.89. The van der Waals surface area contributed by atoms with Crippen LogP contribution in [0.3, 0.4) is 0 Å². The molecule has 4 N–H and O–H groups in total. The fourth-order valence-electron chi connectivity index (χ4n) is 1.75. The zero-order chi connectivity index (χ0) is 13.7. The van der Waals surface area contributed by atoms with Crippen LogP contribution in [-0.2, 0) is 4.79 Å². The van der Waals surface area contributed by atoms with E-state index in [0.717, 1.165) is 17.1 Å². The van der Waals surface area contributed by atoms with Crippen molar-refractivity contribution < 1.29 is 4.79 Å². The number of nitrogens with two attached hydrogens (primary N) is 1. The van der Waals surface area contributed by atoms with Crippen LogP contribution >= 0.6 is 0 Å². The second-order valence-electron chi connectivity index (χ2n) is 4.58. The van der Waals surface area contributed by atoms with Crippen molar-refractivity contribution in [1.29, 1.82) is 0 Å². The number of rotatable bonds is 5. The molecular formula is C14H18N4O. The third kappa shape index (κ3) is 3.93. The summed E-state index contributed by atoms with van der Waals surface area (Å²) in [5.74, 6) is 0.764. The van der Waals surface area contributed by atoms with E-state index in [-0.39, 0.29) is 11.9 Å². The minimum absolute atomic E-state index is 0.0195. The molecular weight excluding hydrogens is 240 g/mol. The van der Waals surface area contributed by atoms with Crippen molar-refractivity contribution in [2.24, 2.45) is 5.73 Å². The fraction of sp³-hybridized carbons (Fsp3) is 0.286. The predicted octanol–water partition coefficient (Wildman–Crippen LogP) is 2.14. The Kier molecular flexibility index (Phi) is 4.30. The number of nitrogens with one attached hydrogen (secondary N) is 2. The molecule has 5 heteroatoms. The first-order valence-electron chi connectivity index (χ1n) is 6.30. The molecule has 5 nitrogen and oxygen atoms in total. The molecule has 0 saturated carbocycles. The lowest BCUT2D eigenvalue weighted by Gasteiger charge is -2.08. The largest absolute Gasteiger partial charge is 0.345 e. The summed E-state index contributed by atoms with van der Waals surface area (Å²) in [6, 6.07) is 7.62. The number of nitrogens with zero attached hydrogens (tertiary/aromatic N) is 1. The van der Waals surface area contributed by atoms with Crippen LogP contribution in [0.2, 0.25) is 0 Å². The Morgan fingerprint density at radius 3 is 3.05 bits per heavy atom. The zero-order valence-electron chi connectivity index (χ0n) is 10.9. The molecule has 0 aliphatic rings. The van der Waals surface area contributed by atoms with E-state index in [2.05, 4.69) is 15.3 Å². The van der Waals surface area contributed by atoms with Crippen molar-refractivity contribution in [2.75, 3.05) is 5.32 Å². The number of aromatic nitrogens is 2. The SMILES string of the molecule is CC(N)CCC(=O)Nc1cccc(-c2ncc[nH]2)c1. The Hall–Kier alpha value is -2.14. The van der Waals surface area contributed by atoms with Gasteiger partial charge in [-0.05, 0) is 25.5 Å². The molecule has 1 heterocycles. The molecule has 2 aromatic rings. The number of aromatic amines is 1. The maximum atomic E-state index is 11.7. The number of amides is 1. The van der Waals surface area contributed by atoms with Crippen LogP contribution in [0.1, 0.15) is 19.8 Å². The van der Waals surface area contributed by atoms with Crippen molar-refractivity contribution in [1.82, 2.24) is 9.97 Å². The summed E-state index contributed by atoms with van der Waals surface area (Å²) in [4.78, 5) is 18.9. The molecule has 1 aromatic heterocycles. The highest BCUT2D eigenvalue weighted by Gasteiger charge is 2.06. The first-order valence-corrected chi connectivity index (χ1v) is 6.30. The standard InChI is InChI=1S/C14H18N4O/c1-10(15)5-6-13(19)18-12-4-2-3-11(9-12)14-16-7-8-17-14/h2-4,7-10H,5-6,15H2,1H3,(H,16,17)(H,18,19). The molecule has 1 unspecified atom stereocenters. The molecule has 0 spiro atoms. The van der Waals surface area contributed by atoms with Gasteiger partial charge >= 0.3 is 0 Å². The van der Waals surface area contributed by atoms with Gasteiger partial charge in [-0.1, -0.05) is 12.1 Å². The van der Waals surface area contributed by atoms with Crippen LogP contribution in [0.5, 0.6) is 0 Å². The van der Waals surface area contributed by atoms with Gasteiger partial charge in [0.05, 0.1) is 0 Å². The summed E-state index contributed by atoms with van der Waals surface area (Å²) < 4.78 is 0. The highest BCUT2D eigenvalue weighted by molar-refractivity contribution is 5.91. The van der Waals surface area contributed by atoms with Crippen molar-refractivity contribution >= 4 is 11.6 Å². The molecule has 0 aliphatic carbocycles. The van der Waals surface area contributed by atoms with Crippen molar-refractivity contribution in [2.45, 2.75) is 25.8 Å². The number of hydrogen-bond donors (Lipinski definition) is 3. The Bertz CT molecular complexity index is 534. The first-order chi connectivity index (χ1) is 9.15. The third-order valence-electron chi connectivity index (χ3n) is 2.74. The van der Waals surface area contributed by atoms with Gasteiger partial charge in [-0.2, -0.15) is 0 Å². The number of benzene rings is 1. The van der Waals surface area contributed by atoms with Crippen LogP contribution < -0.4 is 11.1 Å². The van der Waals surface area contributed by atoms with Gasteiger partial charge in [0.1, 0.15) is 5.82 Å². The molecule has 0 fully saturated rings. The second kappa shape index (κ2) is 6.15. The maximum absolute atomic E-state index is 11.7. The lowest BCUT2D eigenvalue weighted by molar-refractivity contribution is -0.116. The molecule has 0 radical (unpaired) electrons. The molecule has 0 saturated heterocycles. The quantitative estimate of drug-likeness (QED) is 0.768. The van der Waals surface area contributed by atoms with Crippen LogP contribution in [-0.4, -0.2) is 21.9 Å². The normalized spacial score (nSPS) is 12.1. The summed E-state index contributed by atoms with van der Waals surface area (Å²) in [5, 5.41) is 2.86. The van der Waals surface area contributed by atoms with Gasteiger partial charge < -0.3 is 16.0 Å². The van der Waals surface area contributed by atoms with Crippen LogP contribution in [0.4, 0.5) is 5.69 Å². The predicted molar refractivity (Wildman–Crippen MR) is 75.5 cm³/mol. The van der Waals surface area contributed by atoms with Crippen molar-refractivity contribution in [3.05, 3.63) is 36.7 Å². The van der Waals surface area contributed by atoms with Crippen LogP contribution in [0.15, 0.2) is 36.7 Å². The van der Waals surface area contributed by atoms with Gasteiger partial charge in [-0.3, -0.25) is 4.79 Å². The highest BCUT2D eigenvalue weighted by atomic mass is 16.1. The molecule has 1 atom stereocenters. The number of imidazole rings is 1. The summed E-state index contributed by atoms with van der Waals surface area (Å²) in [7, 11) is 0. The van der Waals surface area contributed by atoms with Gasteiger partial charge in [0.2, 0.25) is 5.91 Å². The number of carbonyl (C=O) groups is 1. The third-order valence-corrected chi connectivity index (χ3v) is 2.74. The molecule has 19 heavy (non-hydrogen) atoms. The van der Waals surface area contributed by atoms with Crippen molar-refractivity contribution in [3.63, 3.8) is 0 Å². The number of anilines is 1. The fourth-order valence-corrected chi connectivity index (χ4v) is 1.75. The number of H-pyrrole nitrogens is 1. The monoisotopic (exact) mass is 258 g/mol. The van der Waals surface area contributed by atoms with Crippen LogP contribution in [0, 0.1) is 0 Å². The van der Waals surface area contributed by atoms with Gasteiger partial charge in [0.15, 0.2) is 0 Å². The molecule has 1 amide bonds. The topological polar surface area (TPSA) is 83.8 Å². The molecule has 2 rings (SSSR count).